The molecule has 0 aliphatic carbocycles. The number of carbonyl (C=O) groups is 1. The fourth-order valence-corrected chi connectivity index (χ4v) is 24.1. The molecule has 29 heavy (non-hydrogen) atoms. The second kappa shape index (κ2) is 10.7. The van der Waals surface area contributed by atoms with Crippen molar-refractivity contribution in [2.24, 2.45) is 0 Å². The number of hydrogen-bond acceptors (Lipinski definition) is 5. The van der Waals surface area contributed by atoms with Crippen LogP contribution in [0.5, 0.6) is 0 Å². The normalized spacial score (nSPS) is 12.0. The zero-order valence-corrected chi connectivity index (χ0v) is 21.5. The van der Waals surface area contributed by atoms with Crippen LogP contribution in [0.4, 0.5) is 0 Å². The van der Waals surface area contributed by atoms with Crippen LogP contribution in [-0.4, -0.2) is 43.5 Å². The Morgan fingerprint density at radius 1 is 1.00 bits per heavy atom. The van der Waals surface area contributed by atoms with E-state index in [1.165, 1.54) is 58.2 Å². The zero-order chi connectivity index (χ0) is 20.7. The van der Waals surface area contributed by atoms with Crippen LogP contribution in [0.3, 0.4) is 0 Å². The number of aromatic nitrogens is 4. The molecule has 0 radical (unpaired) electrons. The molecule has 3 aromatic rings. The van der Waals surface area contributed by atoms with Gasteiger partial charge >= 0.3 is 182 Å². The summed E-state index contributed by atoms with van der Waals surface area (Å²) < 4.78 is 7.99. The Bertz CT molecular complexity index is 900. The van der Waals surface area contributed by atoms with Crippen molar-refractivity contribution < 1.29 is 4.79 Å². The molecule has 156 valence electrons. The molecule has 0 N–H and O–H groups in total. The number of imidazole rings is 1. The summed E-state index contributed by atoms with van der Waals surface area (Å²) >= 11 is -0.659. The third-order valence-electron chi connectivity index (χ3n) is 5.80. The number of ketones is 1. The number of fused-ring (bicyclic) bond motifs is 1. The van der Waals surface area contributed by atoms with Crippen molar-refractivity contribution in [2.45, 2.75) is 72.6 Å². The van der Waals surface area contributed by atoms with Crippen LogP contribution >= 0.6 is 11.3 Å². The molecule has 0 unspecified atom stereocenters. The number of thiazole rings is 1. The van der Waals surface area contributed by atoms with Gasteiger partial charge in [-0.1, -0.05) is 0 Å². The molecule has 0 spiro atoms. The van der Waals surface area contributed by atoms with Gasteiger partial charge in [0.25, 0.3) is 0 Å². The molecule has 0 bridgehead atoms. The average molecular weight is 519 g/mol. The molecular weight excluding hydrogens is 487 g/mol. The third kappa shape index (κ3) is 5.07. The maximum absolute atomic E-state index is 13.0. The van der Waals surface area contributed by atoms with Crippen molar-refractivity contribution in [3.63, 3.8) is 0 Å². The van der Waals surface area contributed by atoms with Gasteiger partial charge in [0.05, 0.1) is 0 Å². The van der Waals surface area contributed by atoms with Crippen molar-refractivity contribution in [1.29, 1.82) is 0 Å². The van der Waals surface area contributed by atoms with Gasteiger partial charge < -0.3 is 0 Å². The second-order valence-electron chi connectivity index (χ2n) is 7.95. The number of nitrogens with zero attached hydrogens (tertiary/aromatic N) is 4. The molecule has 0 saturated carbocycles. The van der Waals surface area contributed by atoms with Crippen LogP contribution in [0, 0.1) is 0 Å². The molecule has 0 aliphatic rings. The van der Waals surface area contributed by atoms with Gasteiger partial charge in [-0.15, -0.1) is 0 Å². The number of hydrogen-bond donors (Lipinski definition) is 0. The van der Waals surface area contributed by atoms with Crippen molar-refractivity contribution in [1.82, 2.24) is 19.4 Å². The van der Waals surface area contributed by atoms with E-state index in [0.29, 0.717) is 11.3 Å². The first-order chi connectivity index (χ1) is 14.1. The Hall–Kier alpha value is -1.28. The van der Waals surface area contributed by atoms with Crippen molar-refractivity contribution in [3.05, 3.63) is 42.5 Å². The summed E-state index contributed by atoms with van der Waals surface area (Å²) in [5.41, 5.74) is 1.04. The standard InChI is InChI=1S/C10H5N4OS.3C4H9.Sn/c15-9(7-3-11-5-12-4-7)8-10-14(6-13-8)1-2-16-10;3*1-3-4-2;/h1,3-6H;3*1,3-4H2,2H3;. The second-order valence-corrected chi connectivity index (χ2v) is 23.1. The SMILES string of the molecule is CCC[CH2][Sn]([CH2]CCC)([CH2]CCC)[c]1cn2cnc(C(=O)c3cncnc3)c2s1. The Kier molecular flexibility index (Phi) is 8.24. The molecule has 0 atom stereocenters. The molecule has 0 aliphatic heterocycles. The monoisotopic (exact) mass is 520 g/mol. The summed E-state index contributed by atoms with van der Waals surface area (Å²) in [6.07, 6.45) is 16.5. The first-order valence-corrected chi connectivity index (χ1v) is 19.2. The molecule has 3 heterocycles. The number of rotatable bonds is 12. The molecule has 0 amide bonds. The Balaban J connectivity index is 2.01. The van der Waals surface area contributed by atoms with Crippen molar-refractivity contribution in [2.75, 3.05) is 0 Å². The van der Waals surface area contributed by atoms with Gasteiger partial charge in [0, 0.05) is 0 Å². The van der Waals surface area contributed by atoms with Crippen LogP contribution in [0.25, 0.3) is 4.83 Å². The summed E-state index contributed by atoms with van der Waals surface area (Å²) in [5.74, 6) is -0.0852. The van der Waals surface area contributed by atoms with Crippen LogP contribution in [0.2, 0.25) is 13.3 Å². The van der Waals surface area contributed by atoms with Crippen LogP contribution in [0.1, 0.15) is 75.3 Å². The van der Waals surface area contributed by atoms with E-state index < -0.39 is 18.4 Å². The number of carbonyl (C=O) groups excluding carboxylic acids is 1. The summed E-state index contributed by atoms with van der Waals surface area (Å²) in [6.45, 7) is 6.91. The molecule has 0 saturated heterocycles. The van der Waals surface area contributed by atoms with Crippen LogP contribution in [0.15, 0.2) is 31.2 Å². The van der Waals surface area contributed by atoms with Gasteiger partial charge in [-0.2, -0.15) is 0 Å². The van der Waals surface area contributed by atoms with Crippen molar-refractivity contribution in [3.8, 4) is 0 Å². The van der Waals surface area contributed by atoms with Crippen LogP contribution in [-0.2, 0) is 0 Å². The first kappa shape index (κ1) is 22.4. The van der Waals surface area contributed by atoms with Gasteiger partial charge in [0.2, 0.25) is 0 Å². The molecule has 7 heteroatoms. The minimum atomic E-state index is -2.50. The summed E-state index contributed by atoms with van der Waals surface area (Å²) in [6, 6.07) is 0. The maximum atomic E-state index is 13.0. The molecule has 5 nitrogen and oxygen atoms in total. The van der Waals surface area contributed by atoms with Gasteiger partial charge in [-0.3, -0.25) is 0 Å². The Labute approximate surface area is 181 Å². The number of unbranched alkanes of at least 4 members (excludes halogenated alkanes) is 3. The van der Waals surface area contributed by atoms with E-state index in [1.54, 1.807) is 15.3 Å². The Morgan fingerprint density at radius 3 is 2.14 bits per heavy atom. The zero-order valence-electron chi connectivity index (χ0n) is 17.9. The van der Waals surface area contributed by atoms with E-state index in [-0.39, 0.29) is 5.78 Å². The predicted octanol–water partition coefficient (Wildman–Crippen LogP) is 5.47. The molecule has 0 aromatic carbocycles. The summed E-state index contributed by atoms with van der Waals surface area (Å²) in [7, 11) is 0. The van der Waals surface area contributed by atoms with Gasteiger partial charge in [0.1, 0.15) is 0 Å². The third-order valence-corrected chi connectivity index (χ3v) is 25.1. The Morgan fingerprint density at radius 2 is 1.59 bits per heavy atom. The predicted molar refractivity (Wildman–Crippen MR) is 123 cm³/mol. The van der Waals surface area contributed by atoms with Crippen LogP contribution < -0.4 is 2.89 Å². The van der Waals surface area contributed by atoms with E-state index in [9.17, 15) is 4.79 Å². The van der Waals surface area contributed by atoms with Gasteiger partial charge in [-0.25, -0.2) is 0 Å². The fraction of sp³-hybridized carbons (Fsp3) is 0.545. The molecule has 3 rings (SSSR count). The van der Waals surface area contributed by atoms with Crippen molar-refractivity contribution >= 4 is 43.2 Å². The molecule has 3 aromatic heterocycles. The van der Waals surface area contributed by atoms with Gasteiger partial charge in [0.15, 0.2) is 0 Å². The fourth-order valence-electron chi connectivity index (χ4n) is 4.04. The summed E-state index contributed by atoms with van der Waals surface area (Å²) in [5, 5.41) is 0. The van der Waals surface area contributed by atoms with E-state index >= 15 is 0 Å². The van der Waals surface area contributed by atoms with E-state index in [1.807, 2.05) is 17.7 Å². The average Bonchev–Trinajstić information content (AvgIpc) is 3.35. The van der Waals surface area contributed by atoms with E-state index in [0.717, 1.165) is 4.83 Å². The molecular formula is C22H32N4OSSn. The van der Waals surface area contributed by atoms with E-state index in [4.69, 9.17) is 0 Å². The summed E-state index contributed by atoms with van der Waals surface area (Å²) in [4.78, 5) is 26.4. The quantitative estimate of drug-likeness (QED) is 0.235. The minimum absolute atomic E-state index is 0.0852. The molecule has 0 fully saturated rings. The topological polar surface area (TPSA) is 60.2 Å². The van der Waals surface area contributed by atoms with E-state index in [2.05, 4.69) is 46.3 Å². The first-order valence-electron chi connectivity index (χ1n) is 10.9. The van der Waals surface area contributed by atoms with Gasteiger partial charge in [-0.05, 0) is 0 Å².